The summed E-state index contributed by atoms with van der Waals surface area (Å²) in [7, 11) is 0. The number of aromatic nitrogens is 4. The van der Waals surface area contributed by atoms with Crippen LogP contribution in [-0.4, -0.2) is 26.1 Å². The molecule has 6 nitrogen and oxygen atoms in total. The standard InChI is InChI=1S/C21H15F4N5OS/c22-16-8-6-13(7-9-16)19(17-5-2-10-32-17)26-18(31)12-30-28-20(27-29-30)14-3-1-4-15(11-14)21(23,24)25/h1-11,19H,12H2,(H,26,31). The summed E-state index contributed by atoms with van der Waals surface area (Å²) in [6.45, 7) is -0.297. The van der Waals surface area contributed by atoms with Gasteiger partial charge in [0.25, 0.3) is 0 Å². The fourth-order valence-electron chi connectivity index (χ4n) is 3.02. The van der Waals surface area contributed by atoms with Crippen molar-refractivity contribution in [3.63, 3.8) is 0 Å². The van der Waals surface area contributed by atoms with E-state index in [9.17, 15) is 22.4 Å². The molecule has 2 aromatic heterocycles. The molecule has 1 amide bonds. The summed E-state index contributed by atoms with van der Waals surface area (Å²) in [5.74, 6) is -0.864. The Bertz CT molecular complexity index is 1210. The molecule has 0 fully saturated rings. The van der Waals surface area contributed by atoms with Gasteiger partial charge in [0.05, 0.1) is 11.6 Å². The number of tetrazole rings is 1. The average Bonchev–Trinajstić information content (AvgIpc) is 3.45. The quantitative estimate of drug-likeness (QED) is 0.430. The van der Waals surface area contributed by atoms with E-state index >= 15 is 0 Å². The summed E-state index contributed by atoms with van der Waals surface area (Å²) in [6, 6.07) is 13.5. The lowest BCUT2D eigenvalue weighted by molar-refractivity contribution is -0.137. The molecule has 164 valence electrons. The molecule has 0 aliphatic carbocycles. The Kier molecular flexibility index (Phi) is 5.99. The van der Waals surface area contributed by atoms with Gasteiger partial charge in [0.1, 0.15) is 12.4 Å². The van der Waals surface area contributed by atoms with Crippen molar-refractivity contribution in [2.24, 2.45) is 0 Å². The van der Waals surface area contributed by atoms with Crippen LogP contribution in [0.15, 0.2) is 66.0 Å². The van der Waals surface area contributed by atoms with E-state index in [4.69, 9.17) is 0 Å². The smallest absolute Gasteiger partial charge is 0.343 e. The third-order valence-electron chi connectivity index (χ3n) is 4.52. The zero-order chi connectivity index (χ0) is 22.7. The third kappa shape index (κ3) is 4.99. The lowest BCUT2D eigenvalue weighted by atomic mass is 10.1. The Morgan fingerprint density at radius 1 is 1.09 bits per heavy atom. The summed E-state index contributed by atoms with van der Waals surface area (Å²) >= 11 is 1.43. The van der Waals surface area contributed by atoms with Crippen molar-refractivity contribution in [2.45, 2.75) is 18.8 Å². The number of nitrogens with zero attached hydrogens (tertiary/aromatic N) is 4. The van der Waals surface area contributed by atoms with Gasteiger partial charge in [-0.3, -0.25) is 4.79 Å². The maximum absolute atomic E-state index is 13.3. The Labute approximate surface area is 183 Å². The van der Waals surface area contributed by atoms with Crippen molar-refractivity contribution in [2.75, 3.05) is 0 Å². The Morgan fingerprint density at radius 2 is 1.88 bits per heavy atom. The number of alkyl halides is 3. The fraction of sp³-hybridized carbons (Fsp3) is 0.143. The number of nitrogens with one attached hydrogen (secondary N) is 1. The summed E-state index contributed by atoms with van der Waals surface area (Å²) in [5.41, 5.74) is -0.00478. The first-order valence-corrected chi connectivity index (χ1v) is 10.2. The lowest BCUT2D eigenvalue weighted by Crippen LogP contribution is -2.32. The minimum Gasteiger partial charge on any atom is -0.343 e. The van der Waals surface area contributed by atoms with Crippen LogP contribution in [-0.2, 0) is 17.5 Å². The largest absolute Gasteiger partial charge is 0.416 e. The highest BCUT2D eigenvalue weighted by molar-refractivity contribution is 7.10. The van der Waals surface area contributed by atoms with Gasteiger partial charge in [-0.2, -0.15) is 18.0 Å². The van der Waals surface area contributed by atoms with E-state index in [-0.39, 0.29) is 23.7 Å². The fourth-order valence-corrected chi connectivity index (χ4v) is 3.83. The van der Waals surface area contributed by atoms with Crippen molar-refractivity contribution in [3.05, 3.63) is 87.9 Å². The second kappa shape index (κ2) is 8.87. The molecular weight excluding hydrogens is 446 g/mol. The van der Waals surface area contributed by atoms with Crippen molar-refractivity contribution >= 4 is 17.2 Å². The van der Waals surface area contributed by atoms with Gasteiger partial charge < -0.3 is 5.32 Å². The van der Waals surface area contributed by atoms with Crippen LogP contribution in [0.5, 0.6) is 0 Å². The highest BCUT2D eigenvalue weighted by atomic mass is 32.1. The number of benzene rings is 2. The highest BCUT2D eigenvalue weighted by Gasteiger charge is 2.30. The molecule has 0 bridgehead atoms. The van der Waals surface area contributed by atoms with Crippen LogP contribution in [0, 0.1) is 5.82 Å². The predicted octanol–water partition coefficient (Wildman–Crippen LogP) is 4.47. The summed E-state index contributed by atoms with van der Waals surface area (Å²) in [4.78, 5) is 14.5. The van der Waals surface area contributed by atoms with Gasteiger partial charge in [-0.15, -0.1) is 21.5 Å². The summed E-state index contributed by atoms with van der Waals surface area (Å²) in [5, 5.41) is 16.2. The van der Waals surface area contributed by atoms with Gasteiger partial charge >= 0.3 is 6.18 Å². The number of rotatable bonds is 6. The number of hydrogen-bond acceptors (Lipinski definition) is 5. The molecule has 1 N–H and O–H groups in total. The van der Waals surface area contributed by atoms with Crippen LogP contribution in [0.3, 0.4) is 0 Å². The van der Waals surface area contributed by atoms with Crippen LogP contribution in [0.1, 0.15) is 22.0 Å². The van der Waals surface area contributed by atoms with Gasteiger partial charge in [0, 0.05) is 10.4 Å². The van der Waals surface area contributed by atoms with Crippen molar-refractivity contribution < 1.29 is 22.4 Å². The van der Waals surface area contributed by atoms with E-state index < -0.39 is 23.7 Å². The molecule has 1 unspecified atom stereocenters. The maximum Gasteiger partial charge on any atom is 0.416 e. The topological polar surface area (TPSA) is 72.7 Å². The molecule has 4 aromatic rings. The lowest BCUT2D eigenvalue weighted by Gasteiger charge is -2.18. The molecule has 0 radical (unpaired) electrons. The Morgan fingerprint density at radius 3 is 2.56 bits per heavy atom. The van der Waals surface area contributed by atoms with Crippen LogP contribution in [0.4, 0.5) is 17.6 Å². The molecule has 0 saturated heterocycles. The molecule has 0 aliphatic rings. The SMILES string of the molecule is O=C(Cn1nnc(-c2cccc(C(F)(F)F)c2)n1)NC(c1ccc(F)cc1)c1cccs1. The second-order valence-electron chi connectivity index (χ2n) is 6.79. The molecular formula is C21H15F4N5OS. The maximum atomic E-state index is 13.3. The van der Waals surface area contributed by atoms with Gasteiger partial charge in [0.15, 0.2) is 0 Å². The molecule has 11 heteroatoms. The number of halogens is 4. The van der Waals surface area contributed by atoms with E-state index in [1.165, 1.54) is 35.6 Å². The van der Waals surface area contributed by atoms with Gasteiger partial charge in [-0.1, -0.05) is 30.3 Å². The van der Waals surface area contributed by atoms with E-state index in [0.717, 1.165) is 21.8 Å². The van der Waals surface area contributed by atoms with Crippen LogP contribution in [0.2, 0.25) is 0 Å². The number of thiophene rings is 1. The summed E-state index contributed by atoms with van der Waals surface area (Å²) in [6.07, 6.45) is -4.50. The minimum absolute atomic E-state index is 0.0303. The Hall–Kier alpha value is -3.60. The Balaban J connectivity index is 1.49. The van der Waals surface area contributed by atoms with Crippen molar-refractivity contribution in [1.29, 1.82) is 0 Å². The van der Waals surface area contributed by atoms with E-state index in [1.807, 2.05) is 17.5 Å². The average molecular weight is 461 g/mol. The van der Waals surface area contributed by atoms with Gasteiger partial charge in [-0.25, -0.2) is 4.39 Å². The van der Waals surface area contributed by atoms with Crippen LogP contribution in [0.25, 0.3) is 11.4 Å². The van der Waals surface area contributed by atoms with Crippen molar-refractivity contribution in [3.8, 4) is 11.4 Å². The third-order valence-corrected chi connectivity index (χ3v) is 5.46. The number of amides is 1. The molecule has 1 atom stereocenters. The normalized spacial score (nSPS) is 12.5. The monoisotopic (exact) mass is 461 g/mol. The molecule has 0 saturated carbocycles. The molecule has 0 aliphatic heterocycles. The molecule has 32 heavy (non-hydrogen) atoms. The number of hydrogen-bond donors (Lipinski definition) is 1. The first-order valence-electron chi connectivity index (χ1n) is 9.33. The van der Waals surface area contributed by atoms with E-state index in [0.29, 0.717) is 5.56 Å². The van der Waals surface area contributed by atoms with Crippen LogP contribution >= 0.6 is 11.3 Å². The van der Waals surface area contributed by atoms with E-state index in [1.54, 1.807) is 12.1 Å². The predicted molar refractivity (Wildman–Crippen MR) is 109 cm³/mol. The minimum atomic E-state index is -4.50. The molecule has 2 heterocycles. The number of carbonyl (C=O) groups is 1. The first-order chi connectivity index (χ1) is 15.3. The summed E-state index contributed by atoms with van der Waals surface area (Å²) < 4.78 is 52.1. The van der Waals surface area contributed by atoms with Gasteiger partial charge in [0.2, 0.25) is 11.7 Å². The first kappa shape index (κ1) is 21.6. The second-order valence-corrected chi connectivity index (χ2v) is 7.77. The molecule has 2 aromatic carbocycles. The molecule has 4 rings (SSSR count). The van der Waals surface area contributed by atoms with E-state index in [2.05, 4.69) is 20.7 Å². The zero-order valence-electron chi connectivity index (χ0n) is 16.3. The highest BCUT2D eigenvalue weighted by Crippen LogP contribution is 2.31. The van der Waals surface area contributed by atoms with Crippen LogP contribution < -0.4 is 5.32 Å². The van der Waals surface area contributed by atoms with Gasteiger partial charge in [-0.05, 0) is 46.5 Å². The van der Waals surface area contributed by atoms with Crippen molar-refractivity contribution in [1.82, 2.24) is 25.5 Å². The molecule has 0 spiro atoms. The zero-order valence-corrected chi connectivity index (χ0v) is 17.1. The number of carbonyl (C=O) groups excluding carboxylic acids is 1.